The van der Waals surface area contributed by atoms with E-state index >= 15 is 0 Å². The molecule has 1 unspecified atom stereocenters. The Labute approximate surface area is 135 Å². The van der Waals surface area contributed by atoms with E-state index in [-0.39, 0.29) is 11.7 Å². The fraction of sp³-hybridized carbons (Fsp3) is 0.278. The van der Waals surface area contributed by atoms with Crippen molar-refractivity contribution in [1.82, 2.24) is 0 Å². The third-order valence-electron chi connectivity index (χ3n) is 3.26. The fourth-order valence-corrected chi connectivity index (χ4v) is 1.95. The van der Waals surface area contributed by atoms with E-state index in [1.807, 2.05) is 6.92 Å². The third kappa shape index (κ3) is 4.71. The summed E-state index contributed by atoms with van der Waals surface area (Å²) >= 11 is 0. The highest BCUT2D eigenvalue weighted by Gasteiger charge is 2.15. The van der Waals surface area contributed by atoms with Crippen molar-refractivity contribution in [3.05, 3.63) is 53.8 Å². The zero-order chi connectivity index (χ0) is 16.8. The number of hydrogen-bond donors (Lipinski definition) is 1. The molecule has 1 amide bonds. The van der Waals surface area contributed by atoms with Crippen LogP contribution in [0.2, 0.25) is 0 Å². The minimum absolute atomic E-state index is 0.345. The summed E-state index contributed by atoms with van der Waals surface area (Å²) in [5.74, 6) is 0.600. The Morgan fingerprint density at radius 2 is 1.83 bits per heavy atom. The van der Waals surface area contributed by atoms with Gasteiger partial charge in [0.2, 0.25) is 0 Å². The number of benzene rings is 2. The van der Waals surface area contributed by atoms with Crippen molar-refractivity contribution in [2.45, 2.75) is 26.9 Å². The van der Waals surface area contributed by atoms with Gasteiger partial charge in [-0.15, -0.1) is 0 Å². The second kappa shape index (κ2) is 7.63. The van der Waals surface area contributed by atoms with Gasteiger partial charge in [-0.2, -0.15) is 0 Å². The number of hydrogen-bond acceptors (Lipinski definition) is 3. The first kappa shape index (κ1) is 16.8. The predicted octanol–water partition coefficient (Wildman–Crippen LogP) is 3.94. The normalized spacial score (nSPS) is 11.7. The number of rotatable bonds is 6. The molecule has 1 N–H and O–H groups in total. The van der Waals surface area contributed by atoms with E-state index in [0.717, 1.165) is 5.75 Å². The lowest BCUT2D eigenvalue weighted by Crippen LogP contribution is -2.30. The zero-order valence-electron chi connectivity index (χ0n) is 13.4. The Hall–Kier alpha value is -2.56. The summed E-state index contributed by atoms with van der Waals surface area (Å²) in [6.07, 6.45) is -0.711. The van der Waals surface area contributed by atoms with E-state index in [0.29, 0.717) is 23.6 Å². The summed E-state index contributed by atoms with van der Waals surface area (Å²) in [5.41, 5.74) is 0.932. The smallest absolute Gasteiger partial charge is 0.265 e. The molecule has 0 fully saturated rings. The SMILES string of the molecule is CCOc1ccc(OC(C)C(=O)Nc2ccc(C)c(F)c2)cc1. The number of carbonyl (C=O) groups excluding carboxylic acids is 1. The lowest BCUT2D eigenvalue weighted by Gasteiger charge is -2.15. The van der Waals surface area contributed by atoms with Crippen LogP contribution in [0.25, 0.3) is 0 Å². The van der Waals surface area contributed by atoms with Gasteiger partial charge in [-0.1, -0.05) is 6.07 Å². The van der Waals surface area contributed by atoms with Crippen LogP contribution in [0.5, 0.6) is 11.5 Å². The van der Waals surface area contributed by atoms with E-state index in [2.05, 4.69) is 5.32 Å². The van der Waals surface area contributed by atoms with Gasteiger partial charge in [-0.05, 0) is 62.7 Å². The summed E-state index contributed by atoms with van der Waals surface area (Å²) in [5, 5.41) is 2.63. The molecule has 23 heavy (non-hydrogen) atoms. The number of halogens is 1. The average Bonchev–Trinajstić information content (AvgIpc) is 2.53. The molecule has 0 aliphatic carbocycles. The van der Waals surface area contributed by atoms with Gasteiger partial charge in [-0.25, -0.2) is 4.39 Å². The Kier molecular flexibility index (Phi) is 5.57. The summed E-state index contributed by atoms with van der Waals surface area (Å²) in [4.78, 5) is 12.1. The van der Waals surface area contributed by atoms with Gasteiger partial charge in [-0.3, -0.25) is 4.79 Å². The van der Waals surface area contributed by atoms with Gasteiger partial charge in [0, 0.05) is 5.69 Å². The van der Waals surface area contributed by atoms with Crippen molar-refractivity contribution >= 4 is 11.6 Å². The zero-order valence-corrected chi connectivity index (χ0v) is 13.4. The summed E-state index contributed by atoms with van der Waals surface area (Å²) in [6, 6.07) is 11.6. The van der Waals surface area contributed by atoms with Crippen LogP contribution in [0.15, 0.2) is 42.5 Å². The summed E-state index contributed by atoms with van der Waals surface area (Å²) in [6.45, 7) is 5.80. The van der Waals surface area contributed by atoms with Gasteiger partial charge in [0.25, 0.3) is 5.91 Å². The largest absolute Gasteiger partial charge is 0.494 e. The van der Waals surface area contributed by atoms with Crippen LogP contribution in [0.1, 0.15) is 19.4 Å². The quantitative estimate of drug-likeness (QED) is 0.878. The molecule has 0 bridgehead atoms. The minimum Gasteiger partial charge on any atom is -0.494 e. The van der Waals surface area contributed by atoms with Crippen molar-refractivity contribution < 1.29 is 18.7 Å². The lowest BCUT2D eigenvalue weighted by atomic mass is 10.2. The molecule has 0 heterocycles. The molecular formula is C18H20FNO3. The molecule has 2 aromatic carbocycles. The standard InChI is InChI=1S/C18H20FNO3/c1-4-22-15-7-9-16(10-8-15)23-13(3)18(21)20-14-6-5-12(2)17(19)11-14/h5-11,13H,4H2,1-3H3,(H,20,21). The van der Waals surface area contributed by atoms with E-state index < -0.39 is 6.10 Å². The first-order valence-electron chi connectivity index (χ1n) is 7.46. The van der Waals surface area contributed by atoms with Gasteiger partial charge in [0.15, 0.2) is 6.10 Å². The van der Waals surface area contributed by atoms with Crippen LogP contribution < -0.4 is 14.8 Å². The van der Waals surface area contributed by atoms with Crippen molar-refractivity contribution in [2.24, 2.45) is 0 Å². The van der Waals surface area contributed by atoms with Crippen LogP contribution in [0, 0.1) is 12.7 Å². The van der Waals surface area contributed by atoms with Crippen LogP contribution >= 0.6 is 0 Å². The molecule has 0 saturated carbocycles. The minimum atomic E-state index is -0.711. The highest BCUT2D eigenvalue weighted by atomic mass is 19.1. The first-order chi connectivity index (χ1) is 11.0. The van der Waals surface area contributed by atoms with Gasteiger partial charge in [0.1, 0.15) is 17.3 Å². The van der Waals surface area contributed by atoms with E-state index in [1.165, 1.54) is 6.07 Å². The molecule has 2 rings (SSSR count). The second-order valence-corrected chi connectivity index (χ2v) is 5.12. The molecule has 0 radical (unpaired) electrons. The third-order valence-corrected chi connectivity index (χ3v) is 3.26. The molecule has 0 aliphatic heterocycles. The highest BCUT2D eigenvalue weighted by molar-refractivity contribution is 5.94. The van der Waals surface area contributed by atoms with Crippen LogP contribution in [0.3, 0.4) is 0 Å². The maximum atomic E-state index is 13.5. The fourth-order valence-electron chi connectivity index (χ4n) is 1.95. The van der Waals surface area contributed by atoms with E-state index in [9.17, 15) is 9.18 Å². The Bertz CT molecular complexity index is 670. The van der Waals surface area contributed by atoms with Crippen molar-refractivity contribution in [2.75, 3.05) is 11.9 Å². The monoisotopic (exact) mass is 317 g/mol. The van der Waals surface area contributed by atoms with Crippen molar-refractivity contribution in [1.29, 1.82) is 0 Å². The Balaban J connectivity index is 1.95. The number of carbonyl (C=O) groups is 1. The summed E-state index contributed by atoms with van der Waals surface area (Å²) in [7, 11) is 0. The predicted molar refractivity (Wildman–Crippen MR) is 87.5 cm³/mol. The van der Waals surface area contributed by atoms with Crippen LogP contribution in [-0.2, 0) is 4.79 Å². The maximum Gasteiger partial charge on any atom is 0.265 e. The topological polar surface area (TPSA) is 47.6 Å². The molecule has 0 aliphatic rings. The van der Waals surface area contributed by atoms with Gasteiger partial charge >= 0.3 is 0 Å². The molecule has 4 nitrogen and oxygen atoms in total. The Morgan fingerprint density at radius 1 is 1.17 bits per heavy atom. The molecule has 0 spiro atoms. The number of aryl methyl sites for hydroxylation is 1. The molecule has 2 aromatic rings. The number of amides is 1. The van der Waals surface area contributed by atoms with E-state index in [1.54, 1.807) is 50.2 Å². The molecule has 0 aromatic heterocycles. The second-order valence-electron chi connectivity index (χ2n) is 5.12. The van der Waals surface area contributed by atoms with Crippen LogP contribution in [-0.4, -0.2) is 18.6 Å². The first-order valence-corrected chi connectivity index (χ1v) is 7.46. The molecule has 5 heteroatoms. The van der Waals surface area contributed by atoms with E-state index in [4.69, 9.17) is 9.47 Å². The number of anilines is 1. The lowest BCUT2D eigenvalue weighted by molar-refractivity contribution is -0.122. The summed E-state index contributed by atoms with van der Waals surface area (Å²) < 4.78 is 24.4. The average molecular weight is 317 g/mol. The molecule has 122 valence electrons. The molecular weight excluding hydrogens is 297 g/mol. The van der Waals surface area contributed by atoms with Crippen molar-refractivity contribution in [3.8, 4) is 11.5 Å². The van der Waals surface area contributed by atoms with Gasteiger partial charge < -0.3 is 14.8 Å². The highest BCUT2D eigenvalue weighted by Crippen LogP contribution is 2.19. The van der Waals surface area contributed by atoms with Crippen LogP contribution in [0.4, 0.5) is 10.1 Å². The Morgan fingerprint density at radius 3 is 2.43 bits per heavy atom. The van der Waals surface area contributed by atoms with Gasteiger partial charge in [0.05, 0.1) is 6.61 Å². The number of ether oxygens (including phenoxy) is 2. The van der Waals surface area contributed by atoms with Crippen molar-refractivity contribution in [3.63, 3.8) is 0 Å². The molecule has 1 atom stereocenters. The maximum absolute atomic E-state index is 13.5. The molecule has 0 saturated heterocycles. The number of nitrogens with one attached hydrogen (secondary N) is 1.